The first-order valence-corrected chi connectivity index (χ1v) is 11.1. The standard InChI is InChI=1S/C24H33N5O3/c1-19-7-4-5-8-22(19)27-12-14-28(15-13-27)23(30)9-11-29(10-6-16-32-3)24(31)21-18-25-20(2)17-26-21/h4-5,7-8,17-18H,6,9-16H2,1-3H3. The van der Waals surface area contributed by atoms with Gasteiger partial charge in [0, 0.05) is 71.3 Å². The Morgan fingerprint density at radius 2 is 1.78 bits per heavy atom. The highest BCUT2D eigenvalue weighted by Crippen LogP contribution is 2.21. The Morgan fingerprint density at radius 3 is 2.44 bits per heavy atom. The van der Waals surface area contributed by atoms with Crippen molar-refractivity contribution in [3.63, 3.8) is 0 Å². The van der Waals surface area contributed by atoms with Crippen LogP contribution in [0.25, 0.3) is 0 Å². The highest BCUT2D eigenvalue weighted by Gasteiger charge is 2.24. The molecule has 32 heavy (non-hydrogen) atoms. The first-order chi connectivity index (χ1) is 15.5. The van der Waals surface area contributed by atoms with Gasteiger partial charge >= 0.3 is 0 Å². The van der Waals surface area contributed by atoms with E-state index in [1.54, 1.807) is 18.2 Å². The fraction of sp³-hybridized carbons (Fsp3) is 0.500. The predicted molar refractivity (Wildman–Crippen MR) is 124 cm³/mol. The van der Waals surface area contributed by atoms with Crippen molar-refractivity contribution in [1.82, 2.24) is 19.8 Å². The van der Waals surface area contributed by atoms with E-state index in [0.29, 0.717) is 51.3 Å². The van der Waals surface area contributed by atoms with Gasteiger partial charge in [-0.2, -0.15) is 0 Å². The molecule has 0 unspecified atom stereocenters. The summed E-state index contributed by atoms with van der Waals surface area (Å²) in [4.78, 5) is 40.1. The van der Waals surface area contributed by atoms with Crippen LogP contribution in [-0.4, -0.2) is 84.6 Å². The molecule has 0 saturated carbocycles. The topological polar surface area (TPSA) is 78.9 Å². The molecule has 0 bridgehead atoms. The van der Waals surface area contributed by atoms with E-state index in [9.17, 15) is 9.59 Å². The van der Waals surface area contributed by atoms with Crippen LogP contribution in [0.5, 0.6) is 0 Å². The normalized spacial score (nSPS) is 13.8. The Labute approximate surface area is 190 Å². The molecule has 0 N–H and O–H groups in total. The first kappa shape index (κ1) is 23.7. The minimum absolute atomic E-state index is 0.0777. The lowest BCUT2D eigenvalue weighted by atomic mass is 10.1. The van der Waals surface area contributed by atoms with Gasteiger partial charge in [0.05, 0.1) is 11.9 Å². The van der Waals surface area contributed by atoms with Crippen LogP contribution in [0.15, 0.2) is 36.7 Å². The van der Waals surface area contributed by atoms with E-state index in [0.717, 1.165) is 18.8 Å². The van der Waals surface area contributed by atoms with Crippen molar-refractivity contribution in [2.45, 2.75) is 26.7 Å². The lowest BCUT2D eigenvalue weighted by Crippen LogP contribution is -2.49. The Kier molecular flexibility index (Phi) is 8.56. The van der Waals surface area contributed by atoms with Crippen molar-refractivity contribution in [2.24, 2.45) is 0 Å². The third-order valence-electron chi connectivity index (χ3n) is 5.75. The fourth-order valence-corrected chi connectivity index (χ4v) is 3.88. The number of para-hydroxylation sites is 1. The average Bonchev–Trinajstić information content (AvgIpc) is 2.81. The van der Waals surface area contributed by atoms with Crippen molar-refractivity contribution < 1.29 is 14.3 Å². The number of hydrogen-bond acceptors (Lipinski definition) is 6. The van der Waals surface area contributed by atoms with Crippen LogP contribution in [0.3, 0.4) is 0 Å². The number of anilines is 1. The summed E-state index contributed by atoms with van der Waals surface area (Å²) < 4.78 is 5.12. The number of aromatic nitrogens is 2. The number of rotatable bonds is 9. The second kappa shape index (κ2) is 11.6. The van der Waals surface area contributed by atoms with Crippen molar-refractivity contribution in [2.75, 3.05) is 57.9 Å². The van der Waals surface area contributed by atoms with E-state index in [1.807, 2.05) is 24.0 Å². The van der Waals surface area contributed by atoms with E-state index in [1.165, 1.54) is 17.4 Å². The monoisotopic (exact) mass is 439 g/mol. The zero-order valence-electron chi connectivity index (χ0n) is 19.3. The second-order valence-corrected chi connectivity index (χ2v) is 8.09. The van der Waals surface area contributed by atoms with E-state index in [-0.39, 0.29) is 11.8 Å². The van der Waals surface area contributed by atoms with Gasteiger partial charge < -0.3 is 19.4 Å². The molecule has 3 rings (SSSR count). The Balaban J connectivity index is 1.54. The fourth-order valence-electron chi connectivity index (χ4n) is 3.88. The van der Waals surface area contributed by atoms with Gasteiger partial charge in [-0.15, -0.1) is 0 Å². The molecule has 0 spiro atoms. The van der Waals surface area contributed by atoms with Crippen LogP contribution in [-0.2, 0) is 9.53 Å². The average molecular weight is 440 g/mol. The summed E-state index contributed by atoms with van der Waals surface area (Å²) in [5.74, 6) is -0.125. The highest BCUT2D eigenvalue weighted by molar-refractivity contribution is 5.92. The number of carbonyl (C=O) groups excluding carboxylic acids is 2. The SMILES string of the molecule is COCCCN(CCC(=O)N1CCN(c2ccccc2C)CC1)C(=O)c1cnc(C)cn1. The van der Waals surface area contributed by atoms with E-state index in [4.69, 9.17) is 4.74 Å². The predicted octanol–water partition coefficient (Wildman–Crippen LogP) is 2.31. The first-order valence-electron chi connectivity index (χ1n) is 11.1. The van der Waals surface area contributed by atoms with Gasteiger partial charge in [0.2, 0.25) is 5.91 Å². The minimum atomic E-state index is -0.203. The molecule has 0 aliphatic carbocycles. The number of carbonyl (C=O) groups is 2. The van der Waals surface area contributed by atoms with E-state index in [2.05, 4.69) is 33.9 Å². The van der Waals surface area contributed by atoms with Gasteiger partial charge in [0.1, 0.15) is 5.69 Å². The van der Waals surface area contributed by atoms with Gasteiger partial charge in [-0.3, -0.25) is 14.6 Å². The molecule has 1 aromatic heterocycles. The molecule has 2 aromatic rings. The van der Waals surface area contributed by atoms with Gasteiger partial charge in [-0.1, -0.05) is 18.2 Å². The van der Waals surface area contributed by atoms with Gasteiger partial charge in [0.15, 0.2) is 0 Å². The number of hydrogen-bond donors (Lipinski definition) is 0. The molecule has 1 aliphatic heterocycles. The third kappa shape index (κ3) is 6.26. The van der Waals surface area contributed by atoms with Crippen molar-refractivity contribution in [3.8, 4) is 0 Å². The minimum Gasteiger partial charge on any atom is -0.385 e. The molecule has 8 nitrogen and oxygen atoms in total. The summed E-state index contributed by atoms with van der Waals surface area (Å²) in [6, 6.07) is 8.33. The van der Waals surface area contributed by atoms with Crippen molar-refractivity contribution in [1.29, 1.82) is 0 Å². The number of ether oxygens (including phenoxy) is 1. The lowest BCUT2D eigenvalue weighted by Gasteiger charge is -2.37. The molecule has 1 fully saturated rings. The molecule has 8 heteroatoms. The quantitative estimate of drug-likeness (QED) is 0.558. The van der Waals surface area contributed by atoms with E-state index >= 15 is 0 Å². The molecule has 2 heterocycles. The number of nitrogens with zero attached hydrogens (tertiary/aromatic N) is 5. The zero-order chi connectivity index (χ0) is 22.9. The molecule has 1 saturated heterocycles. The van der Waals surface area contributed by atoms with Crippen LogP contribution in [0.1, 0.15) is 34.6 Å². The number of aryl methyl sites for hydroxylation is 2. The van der Waals surface area contributed by atoms with Crippen LogP contribution >= 0.6 is 0 Å². The third-order valence-corrected chi connectivity index (χ3v) is 5.75. The summed E-state index contributed by atoms with van der Waals surface area (Å²) >= 11 is 0. The van der Waals surface area contributed by atoms with E-state index < -0.39 is 0 Å². The number of benzene rings is 1. The van der Waals surface area contributed by atoms with Crippen molar-refractivity contribution >= 4 is 17.5 Å². The lowest BCUT2D eigenvalue weighted by molar-refractivity contribution is -0.131. The van der Waals surface area contributed by atoms with Crippen LogP contribution in [0, 0.1) is 13.8 Å². The van der Waals surface area contributed by atoms with Crippen LogP contribution < -0.4 is 4.90 Å². The summed E-state index contributed by atoms with van der Waals surface area (Å²) in [5, 5.41) is 0. The largest absolute Gasteiger partial charge is 0.385 e. The Hall–Kier alpha value is -3.00. The molecule has 0 radical (unpaired) electrons. The molecule has 1 aliphatic rings. The number of piperazine rings is 1. The smallest absolute Gasteiger partial charge is 0.274 e. The van der Waals surface area contributed by atoms with Crippen LogP contribution in [0.2, 0.25) is 0 Å². The van der Waals surface area contributed by atoms with Gasteiger partial charge in [-0.05, 0) is 31.9 Å². The molecule has 0 atom stereocenters. The summed E-state index contributed by atoms with van der Waals surface area (Å²) in [6.45, 7) is 8.36. The Bertz CT molecular complexity index is 895. The molecule has 1 aromatic carbocycles. The zero-order valence-corrected chi connectivity index (χ0v) is 19.3. The molecule has 2 amide bonds. The maximum atomic E-state index is 12.9. The Morgan fingerprint density at radius 1 is 1.03 bits per heavy atom. The van der Waals surface area contributed by atoms with Gasteiger partial charge in [0.25, 0.3) is 5.91 Å². The molecular formula is C24H33N5O3. The van der Waals surface area contributed by atoms with Gasteiger partial charge in [-0.25, -0.2) is 4.98 Å². The second-order valence-electron chi connectivity index (χ2n) is 8.09. The summed E-state index contributed by atoms with van der Waals surface area (Å²) in [6.07, 6.45) is 4.07. The maximum Gasteiger partial charge on any atom is 0.274 e. The maximum absolute atomic E-state index is 12.9. The summed E-state index contributed by atoms with van der Waals surface area (Å²) in [7, 11) is 1.64. The van der Waals surface area contributed by atoms with Crippen molar-refractivity contribution in [3.05, 3.63) is 53.6 Å². The number of methoxy groups -OCH3 is 1. The summed E-state index contributed by atoms with van der Waals surface area (Å²) in [5.41, 5.74) is 3.53. The highest BCUT2D eigenvalue weighted by atomic mass is 16.5. The molecular weight excluding hydrogens is 406 g/mol. The van der Waals surface area contributed by atoms with Crippen LogP contribution in [0.4, 0.5) is 5.69 Å². The number of amides is 2. The molecule has 172 valence electrons.